The van der Waals surface area contributed by atoms with Crippen molar-refractivity contribution in [3.63, 3.8) is 0 Å². The number of non-ortho nitro benzene ring substituents is 1. The van der Waals surface area contributed by atoms with E-state index in [1.54, 1.807) is 24.1 Å². The molecule has 9 nitrogen and oxygen atoms in total. The molecule has 0 spiro atoms. The summed E-state index contributed by atoms with van der Waals surface area (Å²) in [5.41, 5.74) is 0.822. The zero-order valence-electron chi connectivity index (χ0n) is 11.7. The van der Waals surface area contributed by atoms with Crippen LogP contribution in [0.3, 0.4) is 0 Å². The van der Waals surface area contributed by atoms with Crippen molar-refractivity contribution in [2.24, 2.45) is 4.99 Å². The van der Waals surface area contributed by atoms with Crippen LogP contribution in [0, 0.1) is 10.1 Å². The monoisotopic (exact) mass is 303 g/mol. The summed E-state index contributed by atoms with van der Waals surface area (Å²) in [5, 5.41) is 12.9. The molecule has 1 aromatic rings. The standard InChI is InChI=1S/C13H13N5O4/c1-16-11-10(12(19)15-13(16)20)17(7-14-11)6-8-2-4-9(5-3-8)18(21)22/h2-5,7,10-11H,6H2,1H3,(H,15,19,20). The molecule has 0 aromatic heterocycles. The first-order valence-electron chi connectivity index (χ1n) is 6.57. The summed E-state index contributed by atoms with van der Waals surface area (Å²) in [7, 11) is 1.58. The van der Waals surface area contributed by atoms with E-state index in [2.05, 4.69) is 10.3 Å². The lowest BCUT2D eigenvalue weighted by Crippen LogP contribution is -2.63. The normalized spacial score (nSPS) is 23.5. The minimum atomic E-state index is -0.585. The van der Waals surface area contributed by atoms with Crippen LogP contribution in [0.1, 0.15) is 5.56 Å². The van der Waals surface area contributed by atoms with Gasteiger partial charge in [-0.15, -0.1) is 0 Å². The number of aliphatic imine (C=N–C) groups is 1. The molecular weight excluding hydrogens is 290 g/mol. The highest BCUT2D eigenvalue weighted by molar-refractivity contribution is 6.01. The van der Waals surface area contributed by atoms with Crippen molar-refractivity contribution >= 4 is 24.0 Å². The van der Waals surface area contributed by atoms with Gasteiger partial charge < -0.3 is 9.80 Å². The third-order valence-corrected chi connectivity index (χ3v) is 3.74. The fraction of sp³-hybridized carbons (Fsp3) is 0.308. The van der Waals surface area contributed by atoms with Crippen LogP contribution in [0.15, 0.2) is 29.3 Å². The molecule has 0 saturated carbocycles. The van der Waals surface area contributed by atoms with Gasteiger partial charge in [0.05, 0.1) is 11.3 Å². The molecule has 1 fully saturated rings. The number of benzene rings is 1. The number of nitro groups is 1. The number of carbonyl (C=O) groups excluding carboxylic acids is 2. The van der Waals surface area contributed by atoms with Crippen molar-refractivity contribution in [1.82, 2.24) is 15.1 Å². The lowest BCUT2D eigenvalue weighted by Gasteiger charge is -2.35. The van der Waals surface area contributed by atoms with E-state index in [0.717, 1.165) is 5.56 Å². The predicted molar refractivity (Wildman–Crippen MR) is 76.0 cm³/mol. The molecule has 2 heterocycles. The van der Waals surface area contributed by atoms with Crippen molar-refractivity contribution < 1.29 is 14.5 Å². The number of hydrogen-bond acceptors (Lipinski definition) is 6. The van der Waals surface area contributed by atoms with E-state index in [9.17, 15) is 19.7 Å². The van der Waals surface area contributed by atoms with Gasteiger partial charge in [0, 0.05) is 25.7 Å². The van der Waals surface area contributed by atoms with Gasteiger partial charge in [-0.05, 0) is 5.56 Å². The number of fused-ring (bicyclic) bond motifs is 1. The van der Waals surface area contributed by atoms with Crippen molar-refractivity contribution in [3.8, 4) is 0 Å². The number of nitro benzene ring substituents is 1. The third kappa shape index (κ3) is 2.26. The molecule has 0 aliphatic carbocycles. The predicted octanol–water partition coefficient (Wildman–Crippen LogP) is 0.315. The van der Waals surface area contributed by atoms with Crippen LogP contribution in [0.25, 0.3) is 0 Å². The first-order chi connectivity index (χ1) is 10.5. The van der Waals surface area contributed by atoms with Gasteiger partial charge in [-0.1, -0.05) is 12.1 Å². The Hall–Kier alpha value is -2.97. The first kappa shape index (κ1) is 14.0. The van der Waals surface area contributed by atoms with E-state index in [1.165, 1.54) is 23.4 Å². The Labute approximate surface area is 125 Å². The van der Waals surface area contributed by atoms with E-state index in [4.69, 9.17) is 0 Å². The number of amides is 3. The Morgan fingerprint density at radius 1 is 1.32 bits per heavy atom. The second kappa shape index (κ2) is 5.10. The molecule has 2 atom stereocenters. The second-order valence-electron chi connectivity index (χ2n) is 5.12. The average Bonchev–Trinajstić information content (AvgIpc) is 2.90. The zero-order chi connectivity index (χ0) is 15.9. The Balaban J connectivity index is 1.76. The van der Waals surface area contributed by atoms with Crippen LogP contribution in [-0.2, 0) is 11.3 Å². The minimum absolute atomic E-state index is 0.0115. The van der Waals surface area contributed by atoms with Crippen molar-refractivity contribution in [2.45, 2.75) is 18.8 Å². The topological polar surface area (TPSA) is 108 Å². The molecule has 1 saturated heterocycles. The van der Waals surface area contributed by atoms with Gasteiger partial charge in [0.2, 0.25) is 0 Å². The van der Waals surface area contributed by atoms with Gasteiger partial charge >= 0.3 is 6.03 Å². The van der Waals surface area contributed by atoms with Crippen molar-refractivity contribution in [2.75, 3.05) is 7.05 Å². The second-order valence-corrected chi connectivity index (χ2v) is 5.12. The number of nitrogens with one attached hydrogen (secondary N) is 1. The molecule has 3 amide bonds. The lowest BCUT2D eigenvalue weighted by atomic mass is 10.1. The summed E-state index contributed by atoms with van der Waals surface area (Å²) in [4.78, 5) is 41.0. The van der Waals surface area contributed by atoms with Crippen LogP contribution in [0.5, 0.6) is 0 Å². The molecule has 2 unspecified atom stereocenters. The highest BCUT2D eigenvalue weighted by Gasteiger charge is 2.45. The third-order valence-electron chi connectivity index (χ3n) is 3.74. The largest absolute Gasteiger partial charge is 0.343 e. The molecule has 114 valence electrons. The van der Waals surface area contributed by atoms with Crippen LogP contribution < -0.4 is 5.32 Å². The number of urea groups is 1. The van der Waals surface area contributed by atoms with E-state index < -0.39 is 29.1 Å². The van der Waals surface area contributed by atoms with E-state index in [-0.39, 0.29) is 5.69 Å². The van der Waals surface area contributed by atoms with Gasteiger partial charge in [-0.3, -0.25) is 20.2 Å². The summed E-state index contributed by atoms with van der Waals surface area (Å²) in [6.07, 6.45) is 0.991. The van der Waals surface area contributed by atoms with Crippen LogP contribution in [0.2, 0.25) is 0 Å². The fourth-order valence-electron chi connectivity index (χ4n) is 2.54. The van der Waals surface area contributed by atoms with Crippen molar-refractivity contribution in [1.29, 1.82) is 0 Å². The Bertz CT molecular complexity index is 672. The number of imide groups is 1. The SMILES string of the molecule is CN1C(=O)NC(=O)C2C1N=CN2Cc1ccc([N+](=O)[O-])cc1. The minimum Gasteiger partial charge on any atom is -0.343 e. The fourth-order valence-corrected chi connectivity index (χ4v) is 2.54. The summed E-state index contributed by atoms with van der Waals surface area (Å²) in [6.45, 7) is 0.373. The molecular formula is C13H13N5O4. The summed E-state index contributed by atoms with van der Waals surface area (Å²) in [5.74, 6) is -0.396. The molecule has 1 aromatic carbocycles. The molecule has 0 bridgehead atoms. The van der Waals surface area contributed by atoms with Crippen LogP contribution in [0.4, 0.5) is 10.5 Å². The number of nitrogens with zero attached hydrogens (tertiary/aromatic N) is 4. The highest BCUT2D eigenvalue weighted by Crippen LogP contribution is 2.23. The van der Waals surface area contributed by atoms with Crippen LogP contribution in [-0.4, -0.2) is 52.3 Å². The maximum absolute atomic E-state index is 12.0. The molecule has 9 heteroatoms. The highest BCUT2D eigenvalue weighted by atomic mass is 16.6. The maximum atomic E-state index is 12.0. The summed E-state index contributed by atoms with van der Waals surface area (Å²) in [6, 6.07) is 5.04. The quantitative estimate of drug-likeness (QED) is 0.639. The lowest BCUT2D eigenvalue weighted by molar-refractivity contribution is -0.384. The molecule has 22 heavy (non-hydrogen) atoms. The Kier molecular flexibility index (Phi) is 3.24. The van der Waals surface area contributed by atoms with Gasteiger partial charge in [0.15, 0.2) is 12.2 Å². The van der Waals surface area contributed by atoms with Gasteiger partial charge in [0.25, 0.3) is 11.6 Å². The van der Waals surface area contributed by atoms with Crippen molar-refractivity contribution in [3.05, 3.63) is 39.9 Å². The zero-order valence-corrected chi connectivity index (χ0v) is 11.7. The average molecular weight is 303 g/mol. The maximum Gasteiger partial charge on any atom is 0.325 e. The van der Waals surface area contributed by atoms with E-state index >= 15 is 0 Å². The molecule has 2 aliphatic heterocycles. The van der Waals surface area contributed by atoms with Gasteiger partial charge in [-0.2, -0.15) is 0 Å². The molecule has 1 N–H and O–H groups in total. The number of likely N-dealkylation sites (N-methyl/N-ethyl adjacent to an activating group) is 1. The molecule has 3 rings (SSSR count). The van der Waals surface area contributed by atoms with Crippen LogP contribution >= 0.6 is 0 Å². The Morgan fingerprint density at radius 2 is 2.00 bits per heavy atom. The summed E-state index contributed by atoms with van der Waals surface area (Å²) < 4.78 is 0. The summed E-state index contributed by atoms with van der Waals surface area (Å²) >= 11 is 0. The smallest absolute Gasteiger partial charge is 0.325 e. The number of carbonyl (C=O) groups is 2. The number of rotatable bonds is 3. The number of hydrogen-bond donors (Lipinski definition) is 1. The molecule has 0 radical (unpaired) electrons. The van der Waals surface area contributed by atoms with E-state index in [0.29, 0.717) is 6.54 Å². The molecule has 2 aliphatic rings. The van der Waals surface area contributed by atoms with Gasteiger partial charge in [-0.25, -0.2) is 9.79 Å². The van der Waals surface area contributed by atoms with Gasteiger partial charge in [0.1, 0.15) is 0 Å². The van der Waals surface area contributed by atoms with E-state index in [1.807, 2.05) is 0 Å². The first-order valence-corrected chi connectivity index (χ1v) is 6.57. The Morgan fingerprint density at radius 3 is 2.64 bits per heavy atom.